The van der Waals surface area contributed by atoms with Gasteiger partial charge in [-0.15, -0.1) is 0 Å². The number of piperidine rings is 1. The van der Waals surface area contributed by atoms with Gasteiger partial charge in [0.2, 0.25) is 0 Å². The molecule has 1 saturated carbocycles. The molecule has 2 bridgehead atoms. The molecule has 8 heteroatoms. The number of carbonyl (C=O) groups is 1. The zero-order valence-corrected chi connectivity index (χ0v) is 16.7. The minimum atomic E-state index is -1.09. The van der Waals surface area contributed by atoms with Gasteiger partial charge in [-0.3, -0.25) is 10.1 Å². The van der Waals surface area contributed by atoms with Crippen LogP contribution in [0.25, 0.3) is 0 Å². The Morgan fingerprint density at radius 3 is 2.93 bits per heavy atom. The Hall–Kier alpha value is -1.87. The quantitative estimate of drug-likeness (QED) is 0.552. The molecule has 8 nitrogen and oxygen atoms in total. The first-order valence-corrected chi connectivity index (χ1v) is 10.3. The topological polar surface area (TPSA) is 111 Å². The van der Waals surface area contributed by atoms with E-state index in [0.29, 0.717) is 12.2 Å². The number of hydrogen-bond donors (Lipinski definition) is 4. The molecule has 1 saturated heterocycles. The summed E-state index contributed by atoms with van der Waals surface area (Å²) in [5, 5.41) is 32.7. The molecule has 6 atom stereocenters. The number of carboxylic acids is 1. The number of likely N-dealkylation sites (tertiary alicyclic amines) is 1. The summed E-state index contributed by atoms with van der Waals surface area (Å²) in [6.45, 7) is 0.384. The van der Waals surface area contributed by atoms with Gasteiger partial charge in [-0.25, -0.2) is 0 Å². The third-order valence-electron chi connectivity index (χ3n) is 7.95. The Labute approximate surface area is 169 Å². The van der Waals surface area contributed by atoms with Gasteiger partial charge in [-0.1, -0.05) is 6.07 Å². The summed E-state index contributed by atoms with van der Waals surface area (Å²) in [5.74, 6) is -0.454. The van der Waals surface area contributed by atoms with Crippen LogP contribution in [0.4, 0.5) is 0 Å². The number of aromatic hydroxyl groups is 1. The Balaban J connectivity index is 1.68. The van der Waals surface area contributed by atoms with Gasteiger partial charge in [0, 0.05) is 24.8 Å². The number of ether oxygens (including phenoxy) is 2. The number of methoxy groups -OCH3 is 1. The molecule has 1 unspecified atom stereocenters. The number of aliphatic carboxylic acids is 1. The van der Waals surface area contributed by atoms with Crippen LogP contribution in [0.15, 0.2) is 12.1 Å². The van der Waals surface area contributed by atoms with Gasteiger partial charge < -0.3 is 29.7 Å². The molecule has 1 aromatic carbocycles. The highest BCUT2D eigenvalue weighted by Crippen LogP contribution is 2.66. The smallest absolute Gasteiger partial charge is 0.323 e. The molecule has 2 heterocycles. The Kier molecular flexibility index (Phi) is 4.16. The molecule has 158 valence electrons. The van der Waals surface area contributed by atoms with Crippen LogP contribution in [0.1, 0.15) is 30.4 Å². The lowest BCUT2D eigenvalue weighted by atomic mass is 9.48. The second kappa shape index (κ2) is 6.31. The maximum Gasteiger partial charge on any atom is 0.323 e. The van der Waals surface area contributed by atoms with Gasteiger partial charge in [0.15, 0.2) is 11.5 Å². The van der Waals surface area contributed by atoms with Crippen molar-refractivity contribution in [3.8, 4) is 11.5 Å². The van der Waals surface area contributed by atoms with Crippen LogP contribution in [0.5, 0.6) is 11.5 Å². The molecule has 2 fully saturated rings. The first-order chi connectivity index (χ1) is 13.9. The van der Waals surface area contributed by atoms with E-state index in [1.165, 1.54) is 5.56 Å². The average Bonchev–Trinajstić information content (AvgIpc) is 3.06. The fourth-order valence-corrected chi connectivity index (χ4v) is 6.77. The molecule has 0 radical (unpaired) electrons. The number of hydrogen-bond acceptors (Lipinski definition) is 7. The summed E-state index contributed by atoms with van der Waals surface area (Å²) in [7, 11) is 3.89. The molecule has 4 aliphatic rings. The van der Waals surface area contributed by atoms with Crippen molar-refractivity contribution in [2.24, 2.45) is 0 Å². The zero-order valence-electron chi connectivity index (χ0n) is 16.7. The number of phenols is 1. The number of aliphatic hydroxyl groups is 1. The molecule has 5 rings (SSSR count). The van der Waals surface area contributed by atoms with E-state index in [-0.39, 0.29) is 23.9 Å². The van der Waals surface area contributed by atoms with Crippen LogP contribution in [-0.4, -0.2) is 83.3 Å². The van der Waals surface area contributed by atoms with Crippen molar-refractivity contribution in [3.63, 3.8) is 0 Å². The van der Waals surface area contributed by atoms with Crippen LogP contribution in [-0.2, 0) is 21.4 Å². The number of rotatable bonds is 5. The van der Waals surface area contributed by atoms with Gasteiger partial charge in [0.05, 0.1) is 17.6 Å². The third kappa shape index (κ3) is 2.20. The van der Waals surface area contributed by atoms with E-state index in [1.54, 1.807) is 13.2 Å². The fraction of sp³-hybridized carbons (Fsp3) is 0.667. The van der Waals surface area contributed by atoms with Gasteiger partial charge in [0.1, 0.15) is 12.1 Å². The fourth-order valence-electron chi connectivity index (χ4n) is 6.77. The van der Waals surface area contributed by atoms with E-state index < -0.39 is 29.6 Å². The van der Waals surface area contributed by atoms with E-state index >= 15 is 0 Å². The van der Waals surface area contributed by atoms with Crippen LogP contribution >= 0.6 is 0 Å². The molecular weight excluding hydrogens is 376 g/mol. The minimum absolute atomic E-state index is 0.116. The van der Waals surface area contributed by atoms with E-state index in [4.69, 9.17) is 9.47 Å². The van der Waals surface area contributed by atoms with Crippen LogP contribution < -0.4 is 10.1 Å². The molecule has 1 aromatic rings. The summed E-state index contributed by atoms with van der Waals surface area (Å²) in [6.07, 6.45) is 2.68. The molecule has 4 N–H and O–H groups in total. The molecular formula is C21H28N2O6. The average molecular weight is 404 g/mol. The summed E-state index contributed by atoms with van der Waals surface area (Å²) < 4.78 is 12.8. The van der Waals surface area contributed by atoms with Crippen molar-refractivity contribution in [3.05, 3.63) is 23.3 Å². The highest BCUT2D eigenvalue weighted by atomic mass is 16.5. The molecule has 0 amide bonds. The molecule has 2 aliphatic carbocycles. The first kappa shape index (κ1) is 19.1. The van der Waals surface area contributed by atoms with Gasteiger partial charge >= 0.3 is 5.97 Å². The van der Waals surface area contributed by atoms with E-state index in [9.17, 15) is 20.1 Å². The van der Waals surface area contributed by atoms with Crippen molar-refractivity contribution in [1.29, 1.82) is 0 Å². The Bertz CT molecular complexity index is 862. The van der Waals surface area contributed by atoms with Crippen molar-refractivity contribution in [2.75, 3.05) is 27.3 Å². The standard InChI is InChI=1S/C21H28N2O6/c1-23-8-7-20-16-11-3-4-14(25)17(16)29-18(20)12(22-13(10-24)19(26)27)5-6-21(20,28-2)15(23)9-11/h3-4,12-13,15,18,22,24-25H,5-10H2,1-2H3,(H,26,27)/t12-,13+,15?,18+,20+,21-/m1/s1. The molecule has 1 spiro atoms. The monoisotopic (exact) mass is 404 g/mol. The van der Waals surface area contributed by atoms with E-state index in [2.05, 4.69) is 17.3 Å². The second-order valence-electron chi connectivity index (χ2n) is 8.89. The van der Waals surface area contributed by atoms with Crippen LogP contribution in [0.3, 0.4) is 0 Å². The summed E-state index contributed by atoms with van der Waals surface area (Å²) in [4.78, 5) is 13.9. The minimum Gasteiger partial charge on any atom is -0.504 e. The SMILES string of the molecule is CO[C@@]12CC[C@@H](N[C@@H](CO)C(=O)O)[C@@H]3Oc4c(O)ccc5c4[C@@]31CCN(C)C2C5. The summed E-state index contributed by atoms with van der Waals surface area (Å²) in [6, 6.07) is 2.53. The Morgan fingerprint density at radius 1 is 1.45 bits per heavy atom. The zero-order chi connectivity index (χ0) is 20.6. The molecule has 29 heavy (non-hydrogen) atoms. The summed E-state index contributed by atoms with van der Waals surface area (Å²) >= 11 is 0. The van der Waals surface area contributed by atoms with Crippen LogP contribution in [0, 0.1) is 0 Å². The lowest BCUT2D eigenvalue weighted by molar-refractivity contribution is -0.204. The number of nitrogens with one attached hydrogen (secondary N) is 1. The Morgan fingerprint density at radius 2 is 2.24 bits per heavy atom. The predicted molar refractivity (Wildman–Crippen MR) is 103 cm³/mol. The number of aliphatic hydroxyl groups excluding tert-OH is 1. The number of likely N-dealkylation sites (N-methyl/N-ethyl adjacent to an activating group) is 1. The van der Waals surface area contributed by atoms with Gasteiger partial charge in [-0.05, 0) is 50.9 Å². The largest absolute Gasteiger partial charge is 0.504 e. The third-order valence-corrected chi connectivity index (χ3v) is 7.95. The second-order valence-corrected chi connectivity index (χ2v) is 8.89. The van der Waals surface area contributed by atoms with E-state index in [0.717, 1.165) is 31.4 Å². The van der Waals surface area contributed by atoms with Crippen molar-refractivity contribution < 1.29 is 29.6 Å². The predicted octanol–water partition coefficient (Wildman–Crippen LogP) is 0.234. The highest BCUT2D eigenvalue weighted by Gasteiger charge is 2.73. The van der Waals surface area contributed by atoms with Gasteiger partial charge in [0.25, 0.3) is 0 Å². The number of phenolic OH excluding ortho intramolecular Hbond substituents is 1. The lowest BCUT2D eigenvalue weighted by Crippen LogP contribution is -2.78. The highest BCUT2D eigenvalue weighted by molar-refractivity contribution is 5.73. The molecule has 2 aliphatic heterocycles. The maximum atomic E-state index is 11.5. The normalized spacial score (nSPS) is 38.2. The first-order valence-electron chi connectivity index (χ1n) is 10.3. The van der Waals surface area contributed by atoms with Crippen molar-refractivity contribution in [1.82, 2.24) is 10.2 Å². The maximum absolute atomic E-state index is 11.5. The van der Waals surface area contributed by atoms with Crippen molar-refractivity contribution in [2.45, 2.75) is 60.9 Å². The number of nitrogens with zero attached hydrogens (tertiary/aromatic N) is 1. The van der Waals surface area contributed by atoms with Crippen molar-refractivity contribution >= 4 is 5.97 Å². The number of carboxylic acid groups (broad SMARTS) is 1. The van der Waals surface area contributed by atoms with Crippen LogP contribution in [0.2, 0.25) is 0 Å². The summed E-state index contributed by atoms with van der Waals surface area (Å²) in [5.41, 5.74) is 1.28. The number of benzene rings is 1. The lowest BCUT2D eigenvalue weighted by Gasteiger charge is -2.65. The molecule has 0 aromatic heterocycles. The van der Waals surface area contributed by atoms with E-state index in [1.807, 2.05) is 6.07 Å². The van der Waals surface area contributed by atoms with Gasteiger partial charge in [-0.2, -0.15) is 0 Å².